The molecule has 0 aromatic heterocycles. The molecule has 0 aromatic rings. The van der Waals surface area contributed by atoms with Gasteiger partial charge in [0.2, 0.25) is 0 Å². The lowest BCUT2D eigenvalue weighted by atomic mass is 9.69. The normalized spacial score (nSPS) is 27.2. The van der Waals surface area contributed by atoms with E-state index in [2.05, 4.69) is 13.8 Å². The molecule has 3 nitrogen and oxygen atoms in total. The molecule has 0 aromatic carbocycles. The Labute approximate surface area is 243 Å². The van der Waals surface area contributed by atoms with Gasteiger partial charge in [-0.05, 0) is 50.4 Å². The van der Waals surface area contributed by atoms with E-state index in [4.69, 9.17) is 14.2 Å². The van der Waals surface area contributed by atoms with E-state index in [1.165, 1.54) is 167 Å². The summed E-state index contributed by atoms with van der Waals surface area (Å²) in [6.07, 6.45) is 36.1. The van der Waals surface area contributed by atoms with Crippen LogP contribution in [0.5, 0.6) is 0 Å². The molecule has 2 heterocycles. The lowest BCUT2D eigenvalue weighted by Crippen LogP contribution is -2.58. The topological polar surface area (TPSA) is 34.3 Å². The van der Waals surface area contributed by atoms with E-state index in [0.717, 1.165) is 13.2 Å². The highest BCUT2D eigenvalue weighted by molar-refractivity contribution is 5.09. The summed E-state index contributed by atoms with van der Waals surface area (Å²) >= 11 is 0. The maximum atomic E-state index is 7.99. The van der Waals surface area contributed by atoms with Gasteiger partial charge in [0, 0.05) is 0 Å². The lowest BCUT2D eigenvalue weighted by Gasteiger charge is -2.52. The van der Waals surface area contributed by atoms with Crippen molar-refractivity contribution in [1.82, 2.24) is 0 Å². The van der Waals surface area contributed by atoms with Crippen LogP contribution < -0.4 is 0 Å². The highest BCUT2D eigenvalue weighted by Gasteiger charge is 2.61. The summed E-state index contributed by atoms with van der Waals surface area (Å²) in [6.45, 7) is 6.49. The van der Waals surface area contributed by atoms with Gasteiger partial charge in [-0.2, -0.15) is 0 Å². The fraction of sp³-hybridized carbons (Fsp3) is 1.00. The van der Waals surface area contributed by atoms with Gasteiger partial charge in [0.25, 0.3) is 0 Å². The predicted octanol–water partition coefficient (Wildman–Crippen LogP) is 10.7. The average molecular weight is 547 g/mol. The van der Waals surface area contributed by atoms with Crippen LogP contribution >= 0.6 is 0 Å². The molecule has 4 rings (SSSR count). The Hall–Kier alpha value is -0.120. The van der Waals surface area contributed by atoms with Crippen molar-refractivity contribution in [3.8, 4) is 0 Å². The third-order valence-electron chi connectivity index (χ3n) is 11.1. The van der Waals surface area contributed by atoms with Gasteiger partial charge in [-0.25, -0.2) is 0 Å². The van der Waals surface area contributed by atoms with Crippen molar-refractivity contribution in [2.75, 3.05) is 13.2 Å². The molecule has 2 aliphatic heterocycles. The van der Waals surface area contributed by atoms with Crippen LogP contribution in [0.1, 0.15) is 181 Å². The van der Waals surface area contributed by atoms with Gasteiger partial charge in [-0.1, -0.05) is 142 Å². The molecule has 0 N–H and O–H groups in total. The van der Waals surface area contributed by atoms with Gasteiger partial charge in [-0.3, -0.25) is 0 Å². The molecule has 4 atom stereocenters. The van der Waals surface area contributed by atoms with Crippen LogP contribution in [0.3, 0.4) is 0 Å². The molecule has 0 spiro atoms. The zero-order valence-electron chi connectivity index (χ0n) is 26.3. The SMILES string of the molecule is CCCCCCCCCC(OC(CCCCCCCCC)(C1CCCCC1)C1CO1)(C1CCCCC1)C1CO1. The summed E-state index contributed by atoms with van der Waals surface area (Å²) in [7, 11) is 0. The minimum atomic E-state index is -0.0750. The smallest absolute Gasteiger partial charge is 0.110 e. The van der Waals surface area contributed by atoms with Crippen LogP contribution in [0.15, 0.2) is 0 Å². The molecule has 0 amide bonds. The standard InChI is InChI=1S/C36H66O3/c1-3-5-7-9-11-13-21-27-35(33-29-37-33,31-23-17-15-18-24-31)39-36(34-30-38-34,32-25-19-16-20-26-32)28-22-14-12-10-8-6-4-2/h31-34H,3-30H2,1-2H3. The fourth-order valence-corrected chi connectivity index (χ4v) is 8.57. The van der Waals surface area contributed by atoms with E-state index in [-0.39, 0.29) is 11.2 Å². The Kier molecular flexibility index (Phi) is 14.0. The molecular weight excluding hydrogens is 480 g/mol. The molecule has 2 saturated heterocycles. The Bertz CT molecular complexity index is 577. The molecular formula is C36H66O3. The molecule has 4 aliphatic rings. The van der Waals surface area contributed by atoms with Crippen LogP contribution in [0.4, 0.5) is 0 Å². The number of hydrogen-bond acceptors (Lipinski definition) is 3. The van der Waals surface area contributed by atoms with Crippen LogP contribution in [0.2, 0.25) is 0 Å². The van der Waals surface area contributed by atoms with Gasteiger partial charge in [-0.15, -0.1) is 0 Å². The molecule has 3 heteroatoms. The zero-order valence-corrected chi connectivity index (χ0v) is 26.3. The number of unbranched alkanes of at least 4 members (excludes halogenated alkanes) is 12. The largest absolute Gasteiger partial charge is 0.370 e. The maximum Gasteiger partial charge on any atom is 0.110 e. The van der Waals surface area contributed by atoms with Crippen molar-refractivity contribution in [2.45, 2.75) is 204 Å². The Morgan fingerprint density at radius 2 is 0.821 bits per heavy atom. The second-order valence-electron chi connectivity index (χ2n) is 14.1. The molecule has 0 bridgehead atoms. The van der Waals surface area contributed by atoms with Crippen molar-refractivity contribution in [3.63, 3.8) is 0 Å². The van der Waals surface area contributed by atoms with Crippen molar-refractivity contribution < 1.29 is 14.2 Å². The van der Waals surface area contributed by atoms with E-state index in [9.17, 15) is 0 Å². The molecule has 4 unspecified atom stereocenters. The molecule has 0 radical (unpaired) electrons. The summed E-state index contributed by atoms with van der Waals surface area (Å²) in [5, 5.41) is 0. The molecule has 2 aliphatic carbocycles. The van der Waals surface area contributed by atoms with E-state index < -0.39 is 0 Å². The minimum absolute atomic E-state index is 0.0750. The number of hydrogen-bond donors (Lipinski definition) is 0. The van der Waals surface area contributed by atoms with Gasteiger partial charge >= 0.3 is 0 Å². The zero-order chi connectivity index (χ0) is 27.2. The third-order valence-corrected chi connectivity index (χ3v) is 11.1. The van der Waals surface area contributed by atoms with E-state index in [1.807, 2.05) is 0 Å². The molecule has 228 valence electrons. The molecule has 4 fully saturated rings. The van der Waals surface area contributed by atoms with Crippen molar-refractivity contribution in [3.05, 3.63) is 0 Å². The first-order chi connectivity index (χ1) is 19.2. The van der Waals surface area contributed by atoms with Gasteiger partial charge < -0.3 is 14.2 Å². The van der Waals surface area contributed by atoms with Crippen molar-refractivity contribution >= 4 is 0 Å². The number of ether oxygens (including phenoxy) is 3. The van der Waals surface area contributed by atoms with E-state index in [1.54, 1.807) is 0 Å². The maximum absolute atomic E-state index is 7.99. The number of epoxide rings is 2. The highest BCUT2D eigenvalue weighted by atomic mass is 16.6. The van der Waals surface area contributed by atoms with Crippen LogP contribution in [-0.4, -0.2) is 36.6 Å². The highest BCUT2D eigenvalue weighted by Crippen LogP contribution is 2.54. The summed E-state index contributed by atoms with van der Waals surface area (Å²) in [4.78, 5) is 0. The second kappa shape index (κ2) is 17.1. The van der Waals surface area contributed by atoms with Crippen LogP contribution in [0.25, 0.3) is 0 Å². The first kappa shape index (κ1) is 31.8. The predicted molar refractivity (Wildman–Crippen MR) is 164 cm³/mol. The number of rotatable bonds is 22. The Balaban J connectivity index is 1.49. The second-order valence-corrected chi connectivity index (χ2v) is 14.1. The summed E-state index contributed by atoms with van der Waals surface area (Å²) < 4.78 is 20.6. The van der Waals surface area contributed by atoms with Crippen molar-refractivity contribution in [1.29, 1.82) is 0 Å². The van der Waals surface area contributed by atoms with E-state index >= 15 is 0 Å². The van der Waals surface area contributed by atoms with Gasteiger partial charge in [0.1, 0.15) is 23.4 Å². The fourth-order valence-electron chi connectivity index (χ4n) is 8.57. The van der Waals surface area contributed by atoms with Gasteiger partial charge in [0.05, 0.1) is 13.2 Å². The third kappa shape index (κ3) is 9.44. The average Bonchev–Trinajstić information content (AvgIpc) is 3.89. The lowest BCUT2D eigenvalue weighted by molar-refractivity contribution is -0.235. The quantitative estimate of drug-likeness (QED) is 0.1000. The van der Waals surface area contributed by atoms with E-state index in [0.29, 0.717) is 24.0 Å². The summed E-state index contributed by atoms with van der Waals surface area (Å²) in [6, 6.07) is 0. The summed E-state index contributed by atoms with van der Waals surface area (Å²) in [5.41, 5.74) is -0.150. The first-order valence-corrected chi connectivity index (χ1v) is 18.2. The Morgan fingerprint density at radius 1 is 0.487 bits per heavy atom. The minimum Gasteiger partial charge on any atom is -0.370 e. The molecule has 2 saturated carbocycles. The van der Waals surface area contributed by atoms with Gasteiger partial charge in [0.15, 0.2) is 0 Å². The Morgan fingerprint density at radius 3 is 1.15 bits per heavy atom. The summed E-state index contributed by atoms with van der Waals surface area (Å²) in [5.74, 6) is 1.35. The molecule has 39 heavy (non-hydrogen) atoms. The van der Waals surface area contributed by atoms with Crippen LogP contribution in [-0.2, 0) is 14.2 Å². The monoisotopic (exact) mass is 547 g/mol. The first-order valence-electron chi connectivity index (χ1n) is 18.2. The van der Waals surface area contributed by atoms with Crippen LogP contribution in [0, 0.1) is 11.8 Å². The van der Waals surface area contributed by atoms with Crippen molar-refractivity contribution in [2.24, 2.45) is 11.8 Å².